The first kappa shape index (κ1) is 23.5. The standard InChI is InChI=1S/C25H29N5O4S/c1-15-3-5-17(6-4-15)21-13-20(25(32)29-10-7-18(8-11-29)23(26)31)22-16(2)28-30(24(22)27-21)19-9-12-35(33,34)14-19/h3-6,13,18-19H,7-12,14H2,1-2H3,(H2,26,31). The van der Waals surface area contributed by atoms with Crippen LogP contribution >= 0.6 is 0 Å². The highest BCUT2D eigenvalue weighted by molar-refractivity contribution is 7.91. The minimum absolute atomic E-state index is 0.0174. The van der Waals surface area contributed by atoms with Crippen molar-refractivity contribution in [3.05, 3.63) is 47.2 Å². The Kier molecular flexibility index (Phi) is 5.86. The molecule has 1 aromatic carbocycles. The second-order valence-electron chi connectivity index (χ2n) is 9.68. The fourth-order valence-corrected chi connectivity index (χ4v) is 6.81. The Bertz CT molecular complexity index is 1420. The smallest absolute Gasteiger partial charge is 0.254 e. The zero-order valence-electron chi connectivity index (χ0n) is 19.9. The van der Waals surface area contributed by atoms with E-state index in [1.165, 1.54) is 0 Å². The molecule has 10 heteroatoms. The normalized spacial score (nSPS) is 20.4. The average molecular weight is 496 g/mol. The van der Waals surface area contributed by atoms with E-state index in [0.29, 0.717) is 60.3 Å². The molecule has 0 saturated carbocycles. The Morgan fingerprint density at radius 2 is 1.74 bits per heavy atom. The Hall–Kier alpha value is -3.27. The molecule has 4 heterocycles. The third-order valence-electron chi connectivity index (χ3n) is 7.15. The summed E-state index contributed by atoms with van der Waals surface area (Å²) in [5, 5.41) is 5.31. The van der Waals surface area contributed by atoms with Gasteiger partial charge in [0.05, 0.1) is 39.9 Å². The van der Waals surface area contributed by atoms with Gasteiger partial charge in [0.25, 0.3) is 5.91 Å². The molecule has 0 radical (unpaired) electrons. The molecule has 35 heavy (non-hydrogen) atoms. The van der Waals surface area contributed by atoms with Gasteiger partial charge >= 0.3 is 0 Å². The van der Waals surface area contributed by atoms with E-state index < -0.39 is 9.84 Å². The van der Waals surface area contributed by atoms with Crippen molar-refractivity contribution in [2.75, 3.05) is 24.6 Å². The molecule has 1 unspecified atom stereocenters. The highest BCUT2D eigenvalue weighted by Crippen LogP contribution is 2.33. The molecule has 1 atom stereocenters. The Morgan fingerprint density at radius 3 is 2.34 bits per heavy atom. The van der Waals surface area contributed by atoms with Crippen LogP contribution in [-0.2, 0) is 14.6 Å². The number of carbonyl (C=O) groups is 2. The molecule has 2 fully saturated rings. The molecule has 3 aromatic rings. The van der Waals surface area contributed by atoms with E-state index in [4.69, 9.17) is 10.7 Å². The van der Waals surface area contributed by atoms with Gasteiger partial charge in [-0.05, 0) is 39.2 Å². The first-order valence-corrected chi connectivity index (χ1v) is 13.7. The van der Waals surface area contributed by atoms with Crippen molar-refractivity contribution in [2.24, 2.45) is 11.7 Å². The highest BCUT2D eigenvalue weighted by atomic mass is 32.2. The van der Waals surface area contributed by atoms with Gasteiger partial charge in [-0.3, -0.25) is 9.59 Å². The third-order valence-corrected chi connectivity index (χ3v) is 8.90. The zero-order chi connectivity index (χ0) is 24.9. The number of pyridine rings is 1. The molecule has 0 bridgehead atoms. The zero-order valence-corrected chi connectivity index (χ0v) is 20.7. The van der Waals surface area contributed by atoms with E-state index in [2.05, 4.69) is 5.10 Å². The monoisotopic (exact) mass is 495 g/mol. The number of hydrogen-bond acceptors (Lipinski definition) is 6. The molecule has 0 aliphatic carbocycles. The summed E-state index contributed by atoms with van der Waals surface area (Å²) >= 11 is 0. The number of likely N-dealkylation sites (tertiary alicyclic amines) is 1. The van der Waals surface area contributed by atoms with Gasteiger partial charge < -0.3 is 10.6 Å². The number of carbonyl (C=O) groups excluding carboxylic acids is 2. The van der Waals surface area contributed by atoms with E-state index in [-0.39, 0.29) is 35.3 Å². The molecule has 2 aliphatic heterocycles. The molecule has 2 aliphatic rings. The maximum Gasteiger partial charge on any atom is 0.254 e. The number of amides is 2. The number of primary amides is 1. The Balaban J connectivity index is 1.62. The first-order valence-electron chi connectivity index (χ1n) is 11.9. The Labute approximate surface area is 204 Å². The number of sulfone groups is 1. The quantitative estimate of drug-likeness (QED) is 0.592. The van der Waals surface area contributed by atoms with Crippen LogP contribution in [0.5, 0.6) is 0 Å². The van der Waals surface area contributed by atoms with Crippen LogP contribution in [0.2, 0.25) is 0 Å². The number of benzene rings is 1. The maximum absolute atomic E-state index is 13.8. The lowest BCUT2D eigenvalue weighted by atomic mass is 9.95. The van der Waals surface area contributed by atoms with Crippen molar-refractivity contribution in [3.8, 4) is 11.3 Å². The summed E-state index contributed by atoms with van der Waals surface area (Å²) < 4.78 is 26.1. The van der Waals surface area contributed by atoms with Gasteiger partial charge in [0.1, 0.15) is 0 Å². The first-order chi connectivity index (χ1) is 16.6. The van der Waals surface area contributed by atoms with Gasteiger partial charge in [0.2, 0.25) is 5.91 Å². The van der Waals surface area contributed by atoms with Crippen LogP contribution in [0.25, 0.3) is 22.3 Å². The van der Waals surface area contributed by atoms with E-state index in [9.17, 15) is 18.0 Å². The lowest BCUT2D eigenvalue weighted by molar-refractivity contribution is -0.123. The largest absolute Gasteiger partial charge is 0.369 e. The van der Waals surface area contributed by atoms with E-state index in [1.54, 1.807) is 15.6 Å². The lowest BCUT2D eigenvalue weighted by Gasteiger charge is -2.31. The van der Waals surface area contributed by atoms with Gasteiger partial charge in [-0.25, -0.2) is 18.1 Å². The van der Waals surface area contributed by atoms with Gasteiger partial charge in [-0.2, -0.15) is 5.10 Å². The SMILES string of the molecule is Cc1ccc(-c2cc(C(=O)N3CCC(C(N)=O)CC3)c3c(C)nn(C4CCS(=O)(=O)C4)c3n2)cc1. The van der Waals surface area contributed by atoms with Crippen molar-refractivity contribution in [1.82, 2.24) is 19.7 Å². The summed E-state index contributed by atoms with van der Waals surface area (Å²) in [6.45, 7) is 4.73. The number of aromatic nitrogens is 3. The summed E-state index contributed by atoms with van der Waals surface area (Å²) in [6, 6.07) is 9.39. The number of piperidine rings is 1. The topological polar surface area (TPSA) is 128 Å². The molecule has 9 nitrogen and oxygen atoms in total. The van der Waals surface area contributed by atoms with Crippen molar-refractivity contribution in [3.63, 3.8) is 0 Å². The number of hydrogen-bond donors (Lipinski definition) is 1. The predicted octanol–water partition coefficient (Wildman–Crippen LogP) is 2.41. The molecular formula is C25H29N5O4S. The van der Waals surface area contributed by atoms with Gasteiger partial charge in [0.15, 0.2) is 15.5 Å². The van der Waals surface area contributed by atoms with E-state index in [1.807, 2.05) is 38.1 Å². The average Bonchev–Trinajstić information content (AvgIpc) is 3.37. The van der Waals surface area contributed by atoms with Crippen LogP contribution in [0.4, 0.5) is 0 Å². The molecule has 2 saturated heterocycles. The van der Waals surface area contributed by atoms with Crippen molar-refractivity contribution in [2.45, 2.75) is 39.2 Å². The maximum atomic E-state index is 13.8. The van der Waals surface area contributed by atoms with E-state index >= 15 is 0 Å². The summed E-state index contributed by atoms with van der Waals surface area (Å²) in [7, 11) is -3.13. The Morgan fingerprint density at radius 1 is 1.06 bits per heavy atom. The number of fused-ring (bicyclic) bond motifs is 1. The molecule has 5 rings (SSSR count). The van der Waals surface area contributed by atoms with Crippen molar-refractivity contribution >= 4 is 32.7 Å². The molecule has 2 N–H and O–H groups in total. The van der Waals surface area contributed by atoms with Crippen LogP contribution in [0.3, 0.4) is 0 Å². The summed E-state index contributed by atoms with van der Waals surface area (Å²) in [5.74, 6) is -0.544. The summed E-state index contributed by atoms with van der Waals surface area (Å²) in [4.78, 5) is 32.0. The minimum Gasteiger partial charge on any atom is -0.369 e. The van der Waals surface area contributed by atoms with Crippen LogP contribution in [0.1, 0.15) is 46.9 Å². The number of nitrogens with two attached hydrogens (primary N) is 1. The summed E-state index contributed by atoms with van der Waals surface area (Å²) in [6.07, 6.45) is 1.55. The minimum atomic E-state index is -3.13. The van der Waals surface area contributed by atoms with Crippen LogP contribution < -0.4 is 5.73 Å². The van der Waals surface area contributed by atoms with Crippen LogP contribution in [0, 0.1) is 19.8 Å². The fourth-order valence-electron chi connectivity index (χ4n) is 5.11. The van der Waals surface area contributed by atoms with Crippen molar-refractivity contribution < 1.29 is 18.0 Å². The van der Waals surface area contributed by atoms with Gasteiger partial charge in [-0.15, -0.1) is 0 Å². The number of aryl methyl sites for hydroxylation is 2. The number of nitrogens with zero attached hydrogens (tertiary/aromatic N) is 4. The predicted molar refractivity (Wildman–Crippen MR) is 133 cm³/mol. The van der Waals surface area contributed by atoms with Gasteiger partial charge in [0, 0.05) is 24.6 Å². The number of rotatable bonds is 4. The van der Waals surface area contributed by atoms with E-state index in [0.717, 1.165) is 11.1 Å². The van der Waals surface area contributed by atoms with Crippen LogP contribution in [0.15, 0.2) is 30.3 Å². The molecule has 0 spiro atoms. The van der Waals surface area contributed by atoms with Crippen LogP contribution in [-0.4, -0.2) is 64.5 Å². The molecule has 2 aromatic heterocycles. The second kappa shape index (κ2) is 8.75. The molecule has 184 valence electrons. The lowest BCUT2D eigenvalue weighted by Crippen LogP contribution is -2.41. The molecular weight excluding hydrogens is 466 g/mol. The van der Waals surface area contributed by atoms with Crippen molar-refractivity contribution in [1.29, 1.82) is 0 Å². The summed E-state index contributed by atoms with van der Waals surface area (Å²) in [5.41, 5.74) is 9.74. The second-order valence-corrected chi connectivity index (χ2v) is 11.9. The van der Waals surface area contributed by atoms with Gasteiger partial charge in [-0.1, -0.05) is 29.8 Å². The third kappa shape index (κ3) is 4.42. The molecule has 2 amide bonds. The fraction of sp³-hybridized carbons (Fsp3) is 0.440. The highest BCUT2D eigenvalue weighted by Gasteiger charge is 2.33.